The van der Waals surface area contributed by atoms with Crippen LogP contribution in [0.15, 0.2) is 47.0 Å². The molecule has 7 nitrogen and oxygen atoms in total. The number of rotatable bonds is 7. The first-order valence-electron chi connectivity index (χ1n) is 7.46. The van der Waals surface area contributed by atoms with E-state index in [1.807, 2.05) is 24.3 Å². The number of nitrogens with zero attached hydrogens (tertiary/aromatic N) is 2. The predicted molar refractivity (Wildman–Crippen MR) is 89.0 cm³/mol. The summed E-state index contributed by atoms with van der Waals surface area (Å²) < 4.78 is 21.2. The molecule has 0 saturated heterocycles. The van der Waals surface area contributed by atoms with E-state index in [4.69, 9.17) is 18.7 Å². The van der Waals surface area contributed by atoms with Gasteiger partial charge in [-0.3, -0.25) is 4.79 Å². The van der Waals surface area contributed by atoms with Gasteiger partial charge in [0.2, 0.25) is 5.82 Å². The van der Waals surface area contributed by atoms with Crippen LogP contribution >= 0.6 is 0 Å². The molecule has 1 heterocycles. The number of aldehydes is 1. The van der Waals surface area contributed by atoms with E-state index in [0.29, 0.717) is 34.5 Å². The van der Waals surface area contributed by atoms with E-state index in [1.54, 1.807) is 25.3 Å². The van der Waals surface area contributed by atoms with E-state index < -0.39 is 0 Å². The van der Waals surface area contributed by atoms with Crippen molar-refractivity contribution in [3.05, 3.63) is 53.9 Å². The highest BCUT2D eigenvalue weighted by Gasteiger charge is 2.12. The number of methoxy groups -OCH3 is 2. The van der Waals surface area contributed by atoms with Crippen LogP contribution in [0, 0.1) is 0 Å². The Morgan fingerprint density at radius 2 is 1.96 bits per heavy atom. The second-order valence-electron chi connectivity index (χ2n) is 5.06. The number of aromatic nitrogens is 2. The number of hydrogen-bond donors (Lipinski definition) is 0. The molecule has 0 radical (unpaired) electrons. The van der Waals surface area contributed by atoms with Gasteiger partial charge in [0.15, 0.2) is 18.1 Å². The fourth-order valence-electron chi connectivity index (χ4n) is 2.21. The molecule has 0 aliphatic rings. The molecule has 3 aromatic rings. The summed E-state index contributed by atoms with van der Waals surface area (Å²) in [7, 11) is 3.10. The Kier molecular flexibility index (Phi) is 4.94. The normalized spacial score (nSPS) is 10.3. The van der Waals surface area contributed by atoms with Crippen molar-refractivity contribution >= 4 is 6.29 Å². The Morgan fingerprint density at radius 3 is 2.72 bits per heavy atom. The molecule has 0 aliphatic carbocycles. The molecule has 0 spiro atoms. The molecule has 0 bridgehead atoms. The smallest absolute Gasteiger partial charge is 0.264 e. The van der Waals surface area contributed by atoms with Gasteiger partial charge in [-0.25, -0.2) is 0 Å². The summed E-state index contributed by atoms with van der Waals surface area (Å²) >= 11 is 0. The fourth-order valence-corrected chi connectivity index (χ4v) is 2.21. The van der Waals surface area contributed by atoms with Crippen molar-refractivity contribution in [2.75, 3.05) is 14.2 Å². The molecule has 128 valence electrons. The molecule has 3 rings (SSSR count). The van der Waals surface area contributed by atoms with Crippen molar-refractivity contribution in [2.24, 2.45) is 0 Å². The summed E-state index contributed by atoms with van der Waals surface area (Å²) in [5.74, 6) is 2.41. The lowest BCUT2D eigenvalue weighted by atomic mass is 10.2. The van der Waals surface area contributed by atoms with Crippen molar-refractivity contribution in [1.29, 1.82) is 0 Å². The third-order valence-electron chi connectivity index (χ3n) is 3.47. The Bertz CT molecular complexity index is 875. The molecule has 1 aromatic heterocycles. The maximum atomic E-state index is 10.8. The van der Waals surface area contributed by atoms with Crippen molar-refractivity contribution in [3.8, 4) is 28.6 Å². The Labute approximate surface area is 144 Å². The van der Waals surface area contributed by atoms with Gasteiger partial charge in [-0.2, -0.15) is 4.98 Å². The van der Waals surface area contributed by atoms with Gasteiger partial charge in [0.05, 0.1) is 14.2 Å². The summed E-state index contributed by atoms with van der Waals surface area (Å²) in [5, 5.41) is 3.94. The largest absolute Gasteiger partial charge is 0.497 e. The van der Waals surface area contributed by atoms with Gasteiger partial charge in [-0.05, 0) is 30.3 Å². The quantitative estimate of drug-likeness (QED) is 0.611. The van der Waals surface area contributed by atoms with Crippen LogP contribution in [0.25, 0.3) is 11.4 Å². The average Bonchev–Trinajstić information content (AvgIpc) is 3.15. The van der Waals surface area contributed by atoms with E-state index in [1.165, 1.54) is 7.11 Å². The number of hydrogen-bond acceptors (Lipinski definition) is 7. The van der Waals surface area contributed by atoms with Gasteiger partial charge in [-0.15, -0.1) is 0 Å². The summed E-state index contributed by atoms with van der Waals surface area (Å²) in [5.41, 5.74) is 1.28. The van der Waals surface area contributed by atoms with Crippen molar-refractivity contribution in [2.45, 2.75) is 6.61 Å². The molecule has 0 unspecified atom stereocenters. The van der Waals surface area contributed by atoms with Crippen LogP contribution in [-0.4, -0.2) is 30.6 Å². The average molecular weight is 340 g/mol. The van der Waals surface area contributed by atoms with Crippen LogP contribution in [0.5, 0.6) is 17.2 Å². The summed E-state index contributed by atoms with van der Waals surface area (Å²) in [6.07, 6.45) is 0.741. The third kappa shape index (κ3) is 3.77. The Morgan fingerprint density at radius 1 is 1.08 bits per heavy atom. The number of carbonyl (C=O) groups is 1. The highest BCUT2D eigenvalue weighted by Crippen LogP contribution is 2.28. The zero-order chi connectivity index (χ0) is 17.6. The van der Waals surface area contributed by atoms with Gasteiger partial charge in [0.25, 0.3) is 5.89 Å². The van der Waals surface area contributed by atoms with Gasteiger partial charge in [0.1, 0.15) is 12.0 Å². The van der Waals surface area contributed by atoms with E-state index in [-0.39, 0.29) is 6.61 Å². The van der Waals surface area contributed by atoms with Crippen LogP contribution < -0.4 is 14.2 Å². The summed E-state index contributed by atoms with van der Waals surface area (Å²) in [6.45, 7) is 0.0771. The third-order valence-corrected chi connectivity index (χ3v) is 3.47. The predicted octanol–water partition coefficient (Wildman–Crippen LogP) is 3.15. The topological polar surface area (TPSA) is 83.7 Å². The molecule has 0 aliphatic heterocycles. The second-order valence-corrected chi connectivity index (χ2v) is 5.06. The van der Waals surface area contributed by atoms with Crippen LogP contribution in [-0.2, 0) is 6.61 Å². The first kappa shape index (κ1) is 16.5. The summed E-state index contributed by atoms with van der Waals surface area (Å²) in [4.78, 5) is 15.1. The Balaban J connectivity index is 1.73. The number of carbonyl (C=O) groups excluding carboxylic acids is 1. The molecule has 0 amide bonds. The number of benzene rings is 2. The molecule has 2 aromatic carbocycles. The lowest BCUT2D eigenvalue weighted by molar-refractivity contribution is 0.112. The van der Waals surface area contributed by atoms with Gasteiger partial charge < -0.3 is 18.7 Å². The van der Waals surface area contributed by atoms with E-state index in [9.17, 15) is 4.79 Å². The van der Waals surface area contributed by atoms with Gasteiger partial charge in [-0.1, -0.05) is 17.3 Å². The maximum Gasteiger partial charge on any atom is 0.264 e. The van der Waals surface area contributed by atoms with Crippen LogP contribution in [0.2, 0.25) is 0 Å². The van der Waals surface area contributed by atoms with Crippen LogP contribution in [0.4, 0.5) is 0 Å². The standard InChI is InChI=1S/C18H16N2O5/c1-22-14-5-3-4-13(9-14)18-19-17(25-20-18)11-24-15-7-6-12(10-21)8-16(15)23-2/h3-10H,11H2,1-2H3. The van der Waals surface area contributed by atoms with E-state index >= 15 is 0 Å². The van der Waals surface area contributed by atoms with Crippen molar-refractivity contribution in [3.63, 3.8) is 0 Å². The van der Waals surface area contributed by atoms with Crippen molar-refractivity contribution < 1.29 is 23.5 Å². The highest BCUT2D eigenvalue weighted by molar-refractivity contribution is 5.76. The minimum absolute atomic E-state index is 0.0771. The fraction of sp³-hybridized carbons (Fsp3) is 0.167. The molecule has 25 heavy (non-hydrogen) atoms. The van der Waals surface area contributed by atoms with Crippen LogP contribution in [0.1, 0.15) is 16.2 Å². The molecular formula is C18H16N2O5. The highest BCUT2D eigenvalue weighted by atomic mass is 16.5. The Hall–Kier alpha value is -3.35. The first-order valence-corrected chi connectivity index (χ1v) is 7.46. The van der Waals surface area contributed by atoms with Gasteiger partial charge >= 0.3 is 0 Å². The molecular weight excluding hydrogens is 324 g/mol. The lowest BCUT2D eigenvalue weighted by Crippen LogP contribution is -1.98. The monoisotopic (exact) mass is 340 g/mol. The molecule has 0 atom stereocenters. The maximum absolute atomic E-state index is 10.8. The second kappa shape index (κ2) is 7.48. The molecule has 0 fully saturated rings. The molecule has 0 saturated carbocycles. The van der Waals surface area contributed by atoms with Crippen molar-refractivity contribution in [1.82, 2.24) is 10.1 Å². The zero-order valence-corrected chi connectivity index (χ0v) is 13.8. The lowest BCUT2D eigenvalue weighted by Gasteiger charge is -2.09. The minimum atomic E-state index is 0.0771. The molecule has 0 N–H and O–H groups in total. The minimum Gasteiger partial charge on any atom is -0.497 e. The first-order chi connectivity index (χ1) is 12.2. The SMILES string of the molecule is COc1cccc(-c2noc(COc3ccc(C=O)cc3OC)n2)c1. The van der Waals surface area contributed by atoms with Crippen LogP contribution in [0.3, 0.4) is 0 Å². The van der Waals surface area contributed by atoms with Gasteiger partial charge in [0, 0.05) is 11.1 Å². The zero-order valence-electron chi connectivity index (χ0n) is 13.8. The summed E-state index contributed by atoms with van der Waals surface area (Å²) in [6, 6.07) is 12.2. The number of ether oxygens (including phenoxy) is 3. The molecule has 7 heteroatoms. The van der Waals surface area contributed by atoms with E-state index in [2.05, 4.69) is 10.1 Å². The van der Waals surface area contributed by atoms with E-state index in [0.717, 1.165) is 11.8 Å².